The van der Waals surface area contributed by atoms with Gasteiger partial charge in [-0.1, -0.05) is 54.6 Å². The normalized spacial score (nSPS) is 11.8. The van der Waals surface area contributed by atoms with Crippen LogP contribution in [0.3, 0.4) is 0 Å². The van der Waals surface area contributed by atoms with E-state index in [1.54, 1.807) is 24.3 Å². The van der Waals surface area contributed by atoms with Crippen LogP contribution in [0.15, 0.2) is 76.7 Å². The van der Waals surface area contributed by atoms with E-state index in [0.29, 0.717) is 0 Å². The van der Waals surface area contributed by atoms with Gasteiger partial charge in [-0.25, -0.2) is 18.6 Å². The Balaban J connectivity index is 1.77. The second-order valence-corrected chi connectivity index (χ2v) is 6.49. The lowest BCUT2D eigenvalue weighted by Crippen LogP contribution is -2.34. The maximum Gasteiger partial charge on any atom is 0.255 e. The van der Waals surface area contributed by atoms with E-state index in [1.807, 2.05) is 36.4 Å². The van der Waals surface area contributed by atoms with Gasteiger partial charge in [-0.05, 0) is 23.8 Å². The molecule has 0 saturated carbocycles. The predicted octanol–water partition coefficient (Wildman–Crippen LogP) is 1.78. The van der Waals surface area contributed by atoms with Crippen LogP contribution in [0.2, 0.25) is 0 Å². The third-order valence-electron chi connectivity index (χ3n) is 2.91. The molecule has 1 amide bonds. The maximum absolute atomic E-state index is 11.9. The fourth-order valence-electron chi connectivity index (χ4n) is 1.75. The summed E-state index contributed by atoms with van der Waals surface area (Å²) in [6, 6.07) is 17.4. The lowest BCUT2D eigenvalue weighted by molar-refractivity contribution is -0.119. The SMILES string of the molecule is O=C(CNS(=O)(=O)c1ccccc1)N/N=C\C=C\c1ccccc1. The van der Waals surface area contributed by atoms with Gasteiger partial charge >= 0.3 is 0 Å². The minimum Gasteiger partial charge on any atom is -0.272 e. The van der Waals surface area contributed by atoms with Crippen LogP contribution in [0.25, 0.3) is 6.08 Å². The zero-order valence-electron chi connectivity index (χ0n) is 12.8. The van der Waals surface area contributed by atoms with Gasteiger partial charge in [0.25, 0.3) is 5.91 Å². The van der Waals surface area contributed by atoms with Crippen LogP contribution in [-0.2, 0) is 14.8 Å². The summed E-state index contributed by atoms with van der Waals surface area (Å²) in [5.41, 5.74) is 3.25. The molecule has 0 aromatic heterocycles. The molecule has 0 bridgehead atoms. The molecular formula is C17H17N3O3S. The van der Waals surface area contributed by atoms with E-state index in [9.17, 15) is 13.2 Å². The van der Waals surface area contributed by atoms with Gasteiger partial charge in [0.1, 0.15) is 0 Å². The van der Waals surface area contributed by atoms with Crippen molar-refractivity contribution in [3.8, 4) is 0 Å². The number of nitrogens with one attached hydrogen (secondary N) is 2. The number of hydrogen-bond donors (Lipinski definition) is 2. The van der Waals surface area contributed by atoms with Crippen molar-refractivity contribution in [2.75, 3.05) is 6.54 Å². The smallest absolute Gasteiger partial charge is 0.255 e. The maximum atomic E-state index is 11.9. The van der Waals surface area contributed by atoms with Crippen LogP contribution in [0.5, 0.6) is 0 Å². The summed E-state index contributed by atoms with van der Waals surface area (Å²) < 4.78 is 26.1. The molecule has 0 saturated heterocycles. The molecule has 2 rings (SSSR count). The van der Waals surface area contributed by atoms with Crippen molar-refractivity contribution >= 4 is 28.2 Å². The van der Waals surface area contributed by atoms with Crippen molar-refractivity contribution in [1.29, 1.82) is 0 Å². The standard InChI is InChI=1S/C17H17N3O3S/c21-17(14-19-24(22,23)16-11-5-2-6-12-16)20-18-13-7-10-15-8-3-1-4-9-15/h1-13,19H,14H2,(H,20,21)/b10-7+,18-13-. The van der Waals surface area contributed by atoms with Crippen LogP contribution >= 0.6 is 0 Å². The van der Waals surface area contributed by atoms with Gasteiger partial charge in [0.15, 0.2) is 0 Å². The Morgan fingerprint density at radius 2 is 1.62 bits per heavy atom. The summed E-state index contributed by atoms with van der Waals surface area (Å²) in [4.78, 5) is 11.7. The van der Waals surface area contributed by atoms with Crippen LogP contribution in [-0.4, -0.2) is 27.1 Å². The summed E-state index contributed by atoms with van der Waals surface area (Å²) in [5, 5.41) is 3.71. The number of carbonyl (C=O) groups is 1. The first-order valence-corrected chi connectivity index (χ1v) is 8.64. The summed E-state index contributed by atoms with van der Waals surface area (Å²) >= 11 is 0. The molecular weight excluding hydrogens is 326 g/mol. The minimum absolute atomic E-state index is 0.104. The number of allylic oxidation sites excluding steroid dienone is 1. The van der Waals surface area contributed by atoms with E-state index >= 15 is 0 Å². The number of benzene rings is 2. The fraction of sp³-hybridized carbons (Fsp3) is 0.0588. The summed E-state index contributed by atoms with van der Waals surface area (Å²) in [6.07, 6.45) is 4.91. The van der Waals surface area contributed by atoms with Crippen LogP contribution in [0.1, 0.15) is 5.56 Å². The average Bonchev–Trinajstić information content (AvgIpc) is 2.61. The minimum atomic E-state index is -3.70. The van der Waals surface area contributed by atoms with E-state index in [2.05, 4.69) is 15.2 Å². The fourth-order valence-corrected chi connectivity index (χ4v) is 2.76. The molecule has 0 atom stereocenters. The molecule has 2 aromatic rings. The summed E-state index contributed by atoms with van der Waals surface area (Å²) in [6.45, 7) is -0.392. The van der Waals surface area contributed by atoms with Gasteiger partial charge < -0.3 is 0 Å². The van der Waals surface area contributed by atoms with E-state index in [4.69, 9.17) is 0 Å². The zero-order chi connectivity index (χ0) is 17.3. The number of amides is 1. The van der Waals surface area contributed by atoms with E-state index in [-0.39, 0.29) is 4.90 Å². The number of sulfonamides is 1. The Hall–Kier alpha value is -2.77. The van der Waals surface area contributed by atoms with E-state index in [1.165, 1.54) is 18.3 Å². The lowest BCUT2D eigenvalue weighted by Gasteiger charge is -2.05. The molecule has 24 heavy (non-hydrogen) atoms. The van der Waals surface area contributed by atoms with Gasteiger partial charge in [0, 0.05) is 6.21 Å². The molecule has 7 heteroatoms. The first-order valence-electron chi connectivity index (χ1n) is 7.16. The number of carbonyl (C=O) groups excluding carboxylic acids is 1. The monoisotopic (exact) mass is 343 g/mol. The first-order chi connectivity index (χ1) is 11.6. The van der Waals surface area contributed by atoms with Gasteiger partial charge in [0.05, 0.1) is 11.4 Å². The molecule has 0 radical (unpaired) electrons. The number of hydrogen-bond acceptors (Lipinski definition) is 4. The average molecular weight is 343 g/mol. The first kappa shape index (κ1) is 17.6. The molecule has 6 nitrogen and oxygen atoms in total. The van der Waals surface area contributed by atoms with Gasteiger partial charge in [-0.15, -0.1) is 0 Å². The number of hydrazone groups is 1. The highest BCUT2D eigenvalue weighted by atomic mass is 32.2. The Bertz CT molecular complexity index is 817. The quantitative estimate of drug-likeness (QED) is 0.593. The van der Waals surface area contributed by atoms with Crippen molar-refractivity contribution in [2.45, 2.75) is 4.90 Å². The zero-order valence-corrected chi connectivity index (χ0v) is 13.6. The third kappa shape index (κ3) is 5.79. The second-order valence-electron chi connectivity index (χ2n) is 4.72. The lowest BCUT2D eigenvalue weighted by atomic mass is 10.2. The molecule has 0 aliphatic heterocycles. The van der Waals surface area contributed by atoms with Gasteiger partial charge in [-0.2, -0.15) is 5.10 Å². The predicted molar refractivity (Wildman–Crippen MR) is 93.7 cm³/mol. The highest BCUT2D eigenvalue weighted by molar-refractivity contribution is 7.89. The number of rotatable bonds is 7. The van der Waals surface area contributed by atoms with Crippen LogP contribution in [0, 0.1) is 0 Å². The molecule has 0 unspecified atom stereocenters. The molecule has 2 N–H and O–H groups in total. The Morgan fingerprint density at radius 3 is 2.29 bits per heavy atom. The van der Waals surface area contributed by atoms with Crippen molar-refractivity contribution in [2.24, 2.45) is 5.10 Å². The molecule has 0 fully saturated rings. The van der Waals surface area contributed by atoms with Crippen molar-refractivity contribution in [1.82, 2.24) is 10.1 Å². The highest BCUT2D eigenvalue weighted by Crippen LogP contribution is 2.06. The molecule has 0 aliphatic carbocycles. The van der Waals surface area contributed by atoms with Gasteiger partial charge in [-0.3, -0.25) is 4.79 Å². The Labute approximate surface area is 141 Å². The van der Waals surface area contributed by atoms with Crippen molar-refractivity contribution in [3.63, 3.8) is 0 Å². The van der Waals surface area contributed by atoms with E-state index in [0.717, 1.165) is 5.56 Å². The van der Waals surface area contributed by atoms with Crippen molar-refractivity contribution in [3.05, 3.63) is 72.3 Å². The molecule has 2 aromatic carbocycles. The van der Waals surface area contributed by atoms with E-state index < -0.39 is 22.5 Å². The van der Waals surface area contributed by atoms with Gasteiger partial charge in [0.2, 0.25) is 10.0 Å². The Morgan fingerprint density at radius 1 is 1.00 bits per heavy atom. The Kier molecular flexibility index (Phi) is 6.41. The molecule has 0 spiro atoms. The molecule has 0 heterocycles. The third-order valence-corrected chi connectivity index (χ3v) is 4.33. The number of nitrogens with zero attached hydrogens (tertiary/aromatic N) is 1. The van der Waals surface area contributed by atoms with Crippen molar-refractivity contribution < 1.29 is 13.2 Å². The largest absolute Gasteiger partial charge is 0.272 e. The highest BCUT2D eigenvalue weighted by Gasteiger charge is 2.14. The summed E-state index contributed by atoms with van der Waals surface area (Å²) in [7, 11) is -3.70. The van der Waals surface area contributed by atoms with Crippen LogP contribution < -0.4 is 10.1 Å². The molecule has 0 aliphatic rings. The molecule has 124 valence electrons. The topological polar surface area (TPSA) is 87.6 Å². The summed E-state index contributed by atoms with van der Waals surface area (Å²) in [5.74, 6) is -0.557. The second kappa shape index (κ2) is 8.76. The van der Waals surface area contributed by atoms with Crippen LogP contribution in [0.4, 0.5) is 0 Å².